The van der Waals surface area contributed by atoms with Crippen molar-refractivity contribution in [2.45, 2.75) is 5.03 Å². The third kappa shape index (κ3) is 4.52. The lowest BCUT2D eigenvalue weighted by Gasteiger charge is -2.14. The van der Waals surface area contributed by atoms with E-state index in [2.05, 4.69) is 10.1 Å². The van der Waals surface area contributed by atoms with Gasteiger partial charge < -0.3 is 5.73 Å². The first-order valence-corrected chi connectivity index (χ1v) is 13.9. The van der Waals surface area contributed by atoms with Gasteiger partial charge in [0.25, 0.3) is 5.56 Å². The lowest BCUT2D eigenvalue weighted by molar-refractivity contribution is 0.682. The zero-order valence-corrected chi connectivity index (χ0v) is 22.2. The standard InChI is InChI=1S/C29H21ClN6O2S/c1-39(38)28-25-27(36(34-28)23-5-3-2-4-6-23)33-26(35(29(25)37)22-14-12-21(30)13-15-22)19-9-7-18(8-10-19)20-11-16-24(31)32-17-20/h2-17H,1H3,(H2,31,32). The Bertz CT molecular complexity index is 1900. The molecule has 0 aliphatic rings. The summed E-state index contributed by atoms with van der Waals surface area (Å²) in [6.45, 7) is 0. The number of fused-ring (bicyclic) bond motifs is 1. The molecule has 6 rings (SSSR count). The van der Waals surface area contributed by atoms with E-state index in [1.807, 2.05) is 60.7 Å². The molecule has 3 heterocycles. The van der Waals surface area contributed by atoms with Crippen molar-refractivity contribution < 1.29 is 4.21 Å². The van der Waals surface area contributed by atoms with Crippen molar-refractivity contribution >= 4 is 39.3 Å². The Morgan fingerprint density at radius 1 is 0.821 bits per heavy atom. The summed E-state index contributed by atoms with van der Waals surface area (Å²) in [5, 5.41) is 5.48. The van der Waals surface area contributed by atoms with Crippen molar-refractivity contribution in [3.63, 3.8) is 0 Å². The first-order chi connectivity index (χ1) is 18.9. The normalized spacial score (nSPS) is 12.1. The summed E-state index contributed by atoms with van der Waals surface area (Å²) < 4.78 is 15.8. The zero-order valence-electron chi connectivity index (χ0n) is 20.7. The lowest BCUT2D eigenvalue weighted by atomic mass is 10.0. The second kappa shape index (κ2) is 9.94. The van der Waals surface area contributed by atoms with Gasteiger partial charge in [-0.1, -0.05) is 54.1 Å². The molecule has 1 unspecified atom stereocenters. The summed E-state index contributed by atoms with van der Waals surface area (Å²) in [4.78, 5) is 23.3. The fourth-order valence-corrected chi connectivity index (χ4v) is 5.19. The monoisotopic (exact) mass is 552 g/mol. The smallest absolute Gasteiger partial charge is 0.270 e. The van der Waals surface area contributed by atoms with Crippen LogP contribution in [0.3, 0.4) is 0 Å². The second-order valence-corrected chi connectivity index (χ2v) is 10.5. The minimum atomic E-state index is -1.53. The highest BCUT2D eigenvalue weighted by molar-refractivity contribution is 7.84. The molecule has 0 amide bonds. The number of nitrogen functional groups attached to an aromatic ring is 1. The van der Waals surface area contributed by atoms with E-state index in [9.17, 15) is 9.00 Å². The predicted octanol–water partition coefficient (Wildman–Crippen LogP) is 5.27. The number of benzene rings is 3. The van der Waals surface area contributed by atoms with Gasteiger partial charge >= 0.3 is 0 Å². The van der Waals surface area contributed by atoms with Crippen LogP contribution in [0.5, 0.6) is 0 Å². The number of rotatable bonds is 5. The summed E-state index contributed by atoms with van der Waals surface area (Å²) >= 11 is 6.14. The maximum absolute atomic E-state index is 14.2. The number of nitrogens with two attached hydrogens (primary N) is 1. The minimum absolute atomic E-state index is 0.173. The summed E-state index contributed by atoms with van der Waals surface area (Å²) in [5.41, 5.74) is 9.50. The molecule has 0 spiro atoms. The Labute approximate surface area is 230 Å². The SMILES string of the molecule is CS(=O)c1nn(-c2ccccc2)c2nc(-c3ccc(-c4ccc(N)nc4)cc3)n(-c3ccc(Cl)cc3)c(=O)c12. The maximum Gasteiger partial charge on any atom is 0.270 e. The van der Waals surface area contributed by atoms with Gasteiger partial charge in [0.2, 0.25) is 0 Å². The van der Waals surface area contributed by atoms with Gasteiger partial charge in [-0.25, -0.2) is 14.6 Å². The molecule has 0 bridgehead atoms. The van der Waals surface area contributed by atoms with Crippen molar-refractivity contribution in [3.8, 4) is 33.9 Å². The number of hydrogen-bond acceptors (Lipinski definition) is 6. The molecule has 8 nitrogen and oxygen atoms in total. The van der Waals surface area contributed by atoms with Crippen LogP contribution in [0.1, 0.15) is 0 Å². The van der Waals surface area contributed by atoms with Gasteiger partial charge in [0.15, 0.2) is 10.7 Å². The Morgan fingerprint density at radius 2 is 1.49 bits per heavy atom. The molecule has 10 heteroatoms. The number of para-hydroxylation sites is 1. The largest absolute Gasteiger partial charge is 0.384 e. The van der Waals surface area contributed by atoms with E-state index >= 15 is 0 Å². The van der Waals surface area contributed by atoms with Gasteiger partial charge in [-0.2, -0.15) is 5.10 Å². The molecule has 0 saturated heterocycles. The number of halogens is 1. The van der Waals surface area contributed by atoms with E-state index < -0.39 is 10.8 Å². The Hall–Kier alpha value is -4.60. The quantitative estimate of drug-likeness (QED) is 0.312. The van der Waals surface area contributed by atoms with Gasteiger partial charge in [0.1, 0.15) is 17.0 Å². The molecule has 0 aliphatic heterocycles. The number of aromatic nitrogens is 5. The minimum Gasteiger partial charge on any atom is -0.384 e. The van der Waals surface area contributed by atoms with Crippen molar-refractivity contribution in [2.75, 3.05) is 12.0 Å². The molecule has 2 N–H and O–H groups in total. The topological polar surface area (TPSA) is 109 Å². The molecule has 6 aromatic rings. The van der Waals surface area contributed by atoms with Gasteiger partial charge in [0, 0.05) is 28.6 Å². The van der Waals surface area contributed by atoms with E-state index in [1.165, 1.54) is 10.8 Å². The lowest BCUT2D eigenvalue weighted by Crippen LogP contribution is -2.22. The van der Waals surface area contributed by atoms with Crippen LogP contribution in [0.4, 0.5) is 5.82 Å². The molecule has 3 aromatic carbocycles. The average molecular weight is 553 g/mol. The third-order valence-electron chi connectivity index (χ3n) is 6.29. The highest BCUT2D eigenvalue weighted by Gasteiger charge is 2.24. The van der Waals surface area contributed by atoms with E-state index in [0.717, 1.165) is 11.1 Å². The molecule has 0 saturated carbocycles. The van der Waals surface area contributed by atoms with Crippen LogP contribution in [0, 0.1) is 0 Å². The van der Waals surface area contributed by atoms with Crippen LogP contribution in [-0.2, 0) is 10.8 Å². The molecular formula is C29H21ClN6O2S. The average Bonchev–Trinajstić information content (AvgIpc) is 3.35. The molecule has 3 aromatic heterocycles. The first kappa shape index (κ1) is 24.7. The maximum atomic E-state index is 14.2. The number of anilines is 1. The van der Waals surface area contributed by atoms with E-state index in [1.54, 1.807) is 41.2 Å². The van der Waals surface area contributed by atoms with Crippen LogP contribution in [0.15, 0.2) is 107 Å². The highest BCUT2D eigenvalue weighted by Crippen LogP contribution is 2.29. The molecule has 0 fully saturated rings. The summed E-state index contributed by atoms with van der Waals surface area (Å²) in [6, 6.07) is 27.6. The summed E-state index contributed by atoms with van der Waals surface area (Å²) in [7, 11) is -1.53. The van der Waals surface area contributed by atoms with Gasteiger partial charge in [-0.05, 0) is 54.1 Å². The highest BCUT2D eigenvalue weighted by atomic mass is 35.5. The van der Waals surface area contributed by atoms with E-state index in [4.69, 9.17) is 22.3 Å². The van der Waals surface area contributed by atoms with Crippen molar-refractivity contribution in [1.29, 1.82) is 0 Å². The van der Waals surface area contributed by atoms with Crippen LogP contribution in [0.25, 0.3) is 44.9 Å². The van der Waals surface area contributed by atoms with Crippen LogP contribution >= 0.6 is 11.6 Å². The van der Waals surface area contributed by atoms with Crippen molar-refractivity contribution in [1.82, 2.24) is 24.3 Å². The Kier molecular flexibility index (Phi) is 6.30. The number of nitrogens with zero attached hydrogens (tertiary/aromatic N) is 5. The van der Waals surface area contributed by atoms with Crippen LogP contribution in [0.2, 0.25) is 5.02 Å². The Balaban J connectivity index is 1.64. The second-order valence-electron chi connectivity index (χ2n) is 8.81. The fraction of sp³-hybridized carbons (Fsp3) is 0.0345. The predicted molar refractivity (Wildman–Crippen MR) is 155 cm³/mol. The number of pyridine rings is 1. The van der Waals surface area contributed by atoms with E-state index in [0.29, 0.717) is 39.3 Å². The first-order valence-electron chi connectivity index (χ1n) is 11.9. The summed E-state index contributed by atoms with van der Waals surface area (Å²) in [5.74, 6) is 0.851. The van der Waals surface area contributed by atoms with Crippen molar-refractivity contribution in [3.05, 3.63) is 113 Å². The van der Waals surface area contributed by atoms with Crippen LogP contribution < -0.4 is 11.3 Å². The molecule has 0 radical (unpaired) electrons. The third-order valence-corrected chi connectivity index (χ3v) is 7.37. The Morgan fingerprint density at radius 3 is 2.13 bits per heavy atom. The van der Waals surface area contributed by atoms with Crippen LogP contribution in [-0.4, -0.2) is 34.8 Å². The number of hydrogen-bond donors (Lipinski definition) is 1. The summed E-state index contributed by atoms with van der Waals surface area (Å²) in [6.07, 6.45) is 3.21. The van der Waals surface area contributed by atoms with Crippen molar-refractivity contribution in [2.24, 2.45) is 0 Å². The van der Waals surface area contributed by atoms with E-state index in [-0.39, 0.29) is 16.0 Å². The molecule has 1 atom stereocenters. The molecule has 192 valence electrons. The molecule has 0 aliphatic carbocycles. The van der Waals surface area contributed by atoms with Gasteiger partial charge in [-0.3, -0.25) is 13.6 Å². The zero-order chi connectivity index (χ0) is 27.1. The fourth-order valence-electron chi connectivity index (χ4n) is 4.40. The molecular weight excluding hydrogens is 532 g/mol. The molecule has 39 heavy (non-hydrogen) atoms. The van der Waals surface area contributed by atoms with Gasteiger partial charge in [-0.15, -0.1) is 0 Å². The van der Waals surface area contributed by atoms with Gasteiger partial charge in [0.05, 0.1) is 22.2 Å².